The molecule has 7 nitrogen and oxygen atoms in total. The summed E-state index contributed by atoms with van der Waals surface area (Å²) in [6, 6.07) is 0. The van der Waals surface area contributed by atoms with Crippen molar-refractivity contribution in [1.29, 1.82) is 0 Å². The normalized spacial score (nSPS) is 17.8. The summed E-state index contributed by atoms with van der Waals surface area (Å²) in [6.07, 6.45) is 3.14. The third kappa shape index (κ3) is 3.44. The predicted octanol–water partition coefficient (Wildman–Crippen LogP) is 0.509. The molecule has 0 aromatic carbocycles. The topological polar surface area (TPSA) is 95.2 Å². The maximum absolute atomic E-state index is 12.5. The number of sulfonamides is 1. The first-order chi connectivity index (χ1) is 9.98. The molecule has 0 unspecified atom stereocenters. The molecule has 0 saturated carbocycles. The zero-order valence-corrected chi connectivity index (χ0v) is 13.2. The predicted molar refractivity (Wildman–Crippen MR) is 78.1 cm³/mol. The summed E-state index contributed by atoms with van der Waals surface area (Å²) >= 11 is 0. The number of hydrogen-bond donors (Lipinski definition) is 2. The van der Waals surface area contributed by atoms with Gasteiger partial charge in [-0.1, -0.05) is 6.92 Å². The maximum Gasteiger partial charge on any atom is 0.260 e. The molecule has 21 heavy (non-hydrogen) atoms. The van der Waals surface area contributed by atoms with E-state index in [1.165, 1.54) is 10.5 Å². The lowest BCUT2D eigenvalue weighted by Crippen LogP contribution is -2.43. The summed E-state index contributed by atoms with van der Waals surface area (Å²) in [4.78, 5) is 18.6. The summed E-state index contributed by atoms with van der Waals surface area (Å²) in [7, 11) is -3.53. The van der Waals surface area contributed by atoms with Gasteiger partial charge in [-0.2, -0.15) is 4.31 Å². The van der Waals surface area contributed by atoms with Crippen molar-refractivity contribution in [2.75, 3.05) is 19.6 Å². The van der Waals surface area contributed by atoms with E-state index in [9.17, 15) is 13.2 Å². The second-order valence-electron chi connectivity index (χ2n) is 5.12. The standard InChI is InChI=1S/C13H22N4O3S/c1-3-11-15-9-12(16-11)21(19,20)17-7-5-10(6-8-17)13(18)14-4-2/h9-10H,3-8H2,1-2H3,(H,14,18)(H,15,16). The third-order valence-electron chi connectivity index (χ3n) is 3.73. The van der Waals surface area contributed by atoms with Gasteiger partial charge in [0, 0.05) is 32.0 Å². The molecule has 1 aromatic rings. The zero-order chi connectivity index (χ0) is 15.5. The van der Waals surface area contributed by atoms with Crippen LogP contribution in [-0.2, 0) is 21.2 Å². The van der Waals surface area contributed by atoms with Gasteiger partial charge in [0.25, 0.3) is 10.0 Å². The van der Waals surface area contributed by atoms with Gasteiger partial charge in [0.2, 0.25) is 5.91 Å². The molecule has 1 fully saturated rings. The Labute approximate surface area is 125 Å². The van der Waals surface area contributed by atoms with Crippen LogP contribution in [0.15, 0.2) is 11.2 Å². The van der Waals surface area contributed by atoms with Crippen molar-refractivity contribution in [3.63, 3.8) is 0 Å². The number of aryl methyl sites for hydroxylation is 1. The first kappa shape index (κ1) is 16.0. The van der Waals surface area contributed by atoms with Crippen molar-refractivity contribution in [2.45, 2.75) is 38.1 Å². The molecule has 1 aromatic heterocycles. The quantitative estimate of drug-likeness (QED) is 0.828. The molecule has 0 aliphatic carbocycles. The number of imidazole rings is 1. The van der Waals surface area contributed by atoms with Gasteiger partial charge >= 0.3 is 0 Å². The van der Waals surface area contributed by atoms with Crippen LogP contribution >= 0.6 is 0 Å². The number of aromatic nitrogens is 2. The molecular weight excluding hydrogens is 292 g/mol. The van der Waals surface area contributed by atoms with Crippen molar-refractivity contribution in [2.24, 2.45) is 5.92 Å². The Morgan fingerprint density at radius 2 is 2.10 bits per heavy atom. The van der Waals surface area contributed by atoms with E-state index in [0.29, 0.717) is 44.7 Å². The van der Waals surface area contributed by atoms with Gasteiger partial charge in [0.15, 0.2) is 5.03 Å². The Hall–Kier alpha value is -1.41. The summed E-state index contributed by atoms with van der Waals surface area (Å²) in [5.74, 6) is 0.583. The van der Waals surface area contributed by atoms with Crippen LogP contribution in [0, 0.1) is 5.92 Å². The van der Waals surface area contributed by atoms with Crippen LogP contribution in [-0.4, -0.2) is 48.2 Å². The molecule has 1 saturated heterocycles. The Kier molecular flexibility index (Phi) is 5.00. The minimum Gasteiger partial charge on any atom is -0.356 e. The summed E-state index contributed by atoms with van der Waals surface area (Å²) in [6.45, 7) is 5.12. The summed E-state index contributed by atoms with van der Waals surface area (Å²) in [5.41, 5.74) is 0. The molecule has 1 aliphatic rings. The molecule has 2 N–H and O–H groups in total. The number of nitrogens with one attached hydrogen (secondary N) is 2. The van der Waals surface area contributed by atoms with E-state index in [2.05, 4.69) is 15.3 Å². The first-order valence-electron chi connectivity index (χ1n) is 7.30. The molecule has 1 aliphatic heterocycles. The van der Waals surface area contributed by atoms with Crippen LogP contribution in [0.4, 0.5) is 0 Å². The highest BCUT2D eigenvalue weighted by molar-refractivity contribution is 7.89. The van der Waals surface area contributed by atoms with Crippen molar-refractivity contribution < 1.29 is 13.2 Å². The number of hydrogen-bond acceptors (Lipinski definition) is 4. The number of aromatic amines is 1. The number of carbonyl (C=O) groups excluding carboxylic acids is 1. The number of amides is 1. The van der Waals surface area contributed by atoms with E-state index < -0.39 is 10.0 Å². The summed E-state index contributed by atoms with van der Waals surface area (Å²) in [5, 5.41) is 2.92. The molecule has 0 bridgehead atoms. The lowest BCUT2D eigenvalue weighted by Gasteiger charge is -2.29. The highest BCUT2D eigenvalue weighted by atomic mass is 32.2. The largest absolute Gasteiger partial charge is 0.356 e. The minimum absolute atomic E-state index is 0.0179. The number of carbonyl (C=O) groups is 1. The maximum atomic E-state index is 12.5. The van der Waals surface area contributed by atoms with Gasteiger partial charge in [-0.3, -0.25) is 4.79 Å². The molecule has 0 radical (unpaired) electrons. The first-order valence-corrected chi connectivity index (χ1v) is 8.74. The van der Waals surface area contributed by atoms with E-state index in [4.69, 9.17) is 0 Å². The van der Waals surface area contributed by atoms with Crippen molar-refractivity contribution >= 4 is 15.9 Å². The van der Waals surface area contributed by atoms with Crippen molar-refractivity contribution in [1.82, 2.24) is 19.6 Å². The van der Waals surface area contributed by atoms with E-state index in [1.807, 2.05) is 13.8 Å². The van der Waals surface area contributed by atoms with Crippen LogP contribution in [0.2, 0.25) is 0 Å². The molecule has 0 atom stereocenters. The second kappa shape index (κ2) is 6.57. The SMILES string of the molecule is CCNC(=O)C1CCN(S(=O)(=O)c2cnc(CC)[nH]2)CC1. The highest BCUT2D eigenvalue weighted by Crippen LogP contribution is 2.23. The van der Waals surface area contributed by atoms with Crippen molar-refractivity contribution in [3.05, 3.63) is 12.0 Å². The molecule has 8 heteroatoms. The van der Waals surface area contributed by atoms with Gasteiger partial charge in [-0.05, 0) is 19.8 Å². The van der Waals surface area contributed by atoms with Gasteiger partial charge in [-0.15, -0.1) is 0 Å². The van der Waals surface area contributed by atoms with Crippen LogP contribution in [0.25, 0.3) is 0 Å². The number of rotatable bonds is 5. The van der Waals surface area contributed by atoms with E-state index >= 15 is 0 Å². The molecule has 1 amide bonds. The fraction of sp³-hybridized carbons (Fsp3) is 0.692. The number of piperidine rings is 1. The number of H-pyrrole nitrogens is 1. The van der Waals surface area contributed by atoms with Crippen molar-refractivity contribution in [3.8, 4) is 0 Å². The monoisotopic (exact) mass is 314 g/mol. The number of nitrogens with zero attached hydrogens (tertiary/aromatic N) is 2. The smallest absolute Gasteiger partial charge is 0.260 e. The fourth-order valence-electron chi connectivity index (χ4n) is 2.47. The molecule has 2 heterocycles. The van der Waals surface area contributed by atoms with Gasteiger partial charge in [0.05, 0.1) is 6.20 Å². The Balaban J connectivity index is 2.02. The molecule has 118 valence electrons. The average molecular weight is 314 g/mol. The molecule has 2 rings (SSSR count). The van der Waals surface area contributed by atoms with Crippen LogP contribution < -0.4 is 5.32 Å². The Morgan fingerprint density at radius 1 is 1.43 bits per heavy atom. The highest BCUT2D eigenvalue weighted by Gasteiger charge is 2.32. The molecule has 0 spiro atoms. The molecular formula is C13H22N4O3S. The van der Waals surface area contributed by atoms with E-state index in [-0.39, 0.29) is 16.9 Å². The van der Waals surface area contributed by atoms with E-state index in [1.54, 1.807) is 0 Å². The third-order valence-corrected chi connectivity index (χ3v) is 5.54. The Morgan fingerprint density at radius 3 is 2.62 bits per heavy atom. The lowest BCUT2D eigenvalue weighted by atomic mass is 9.97. The van der Waals surface area contributed by atoms with Crippen LogP contribution in [0.5, 0.6) is 0 Å². The van der Waals surface area contributed by atoms with Gasteiger partial charge in [0.1, 0.15) is 5.82 Å². The minimum atomic E-state index is -3.53. The average Bonchev–Trinajstić information content (AvgIpc) is 2.97. The fourth-order valence-corrected chi connectivity index (χ4v) is 3.87. The summed E-state index contributed by atoms with van der Waals surface area (Å²) < 4.78 is 26.4. The lowest BCUT2D eigenvalue weighted by molar-refractivity contribution is -0.126. The second-order valence-corrected chi connectivity index (χ2v) is 7.03. The van der Waals surface area contributed by atoms with Crippen LogP contribution in [0.1, 0.15) is 32.5 Å². The van der Waals surface area contributed by atoms with Gasteiger partial charge < -0.3 is 10.3 Å². The Bertz CT molecular complexity index is 588. The van der Waals surface area contributed by atoms with Gasteiger partial charge in [-0.25, -0.2) is 13.4 Å². The van der Waals surface area contributed by atoms with E-state index in [0.717, 1.165) is 0 Å². The van der Waals surface area contributed by atoms with Crippen LogP contribution in [0.3, 0.4) is 0 Å². The zero-order valence-electron chi connectivity index (χ0n) is 12.4.